The first-order valence-corrected chi connectivity index (χ1v) is 9.64. The van der Waals surface area contributed by atoms with Crippen molar-refractivity contribution in [2.75, 3.05) is 25.6 Å². The van der Waals surface area contributed by atoms with Crippen LogP contribution in [0.15, 0.2) is 48.5 Å². The zero-order valence-corrected chi connectivity index (χ0v) is 17.1. The van der Waals surface area contributed by atoms with Gasteiger partial charge in [-0.05, 0) is 60.9 Å². The van der Waals surface area contributed by atoms with E-state index in [1.54, 1.807) is 37.5 Å². The van der Waals surface area contributed by atoms with Crippen LogP contribution in [0.2, 0.25) is 0 Å². The fourth-order valence-electron chi connectivity index (χ4n) is 2.44. The van der Waals surface area contributed by atoms with E-state index in [1.165, 1.54) is 6.08 Å². The standard InChI is InChI=1S/C23H27NO5/c1-4-14-28-20-12-6-17(16-21(20)27-3)7-13-22(25)24-19-10-8-18(9-11-19)23(26)29-15-5-2/h6-13,16H,4-5,14-15H2,1-3H3,(H,24,25). The van der Waals surface area contributed by atoms with Crippen LogP contribution < -0.4 is 14.8 Å². The molecular formula is C23H27NO5. The molecule has 0 fully saturated rings. The quantitative estimate of drug-likeness (QED) is 0.465. The Balaban J connectivity index is 1.96. The summed E-state index contributed by atoms with van der Waals surface area (Å²) in [5, 5.41) is 2.76. The van der Waals surface area contributed by atoms with Gasteiger partial charge in [-0.2, -0.15) is 0 Å². The maximum absolute atomic E-state index is 12.2. The van der Waals surface area contributed by atoms with Gasteiger partial charge in [0.2, 0.25) is 5.91 Å². The van der Waals surface area contributed by atoms with Gasteiger partial charge in [0.25, 0.3) is 0 Å². The van der Waals surface area contributed by atoms with Gasteiger partial charge in [0.15, 0.2) is 11.5 Å². The van der Waals surface area contributed by atoms with Crippen molar-refractivity contribution < 1.29 is 23.8 Å². The van der Waals surface area contributed by atoms with Crippen molar-refractivity contribution in [3.05, 3.63) is 59.7 Å². The number of hydrogen-bond donors (Lipinski definition) is 1. The highest BCUT2D eigenvalue weighted by molar-refractivity contribution is 6.02. The highest BCUT2D eigenvalue weighted by Gasteiger charge is 2.07. The molecule has 0 heterocycles. The maximum Gasteiger partial charge on any atom is 0.338 e. The molecule has 1 N–H and O–H groups in total. The van der Waals surface area contributed by atoms with Crippen LogP contribution in [0.3, 0.4) is 0 Å². The summed E-state index contributed by atoms with van der Waals surface area (Å²) >= 11 is 0. The minimum absolute atomic E-state index is 0.281. The topological polar surface area (TPSA) is 73.9 Å². The Morgan fingerprint density at radius 2 is 1.69 bits per heavy atom. The summed E-state index contributed by atoms with van der Waals surface area (Å²) in [5.41, 5.74) is 1.85. The number of amides is 1. The first-order valence-electron chi connectivity index (χ1n) is 9.64. The van der Waals surface area contributed by atoms with E-state index < -0.39 is 0 Å². The molecule has 1 amide bonds. The van der Waals surface area contributed by atoms with Crippen LogP contribution in [0.1, 0.15) is 42.6 Å². The maximum atomic E-state index is 12.2. The number of carbonyl (C=O) groups excluding carboxylic acids is 2. The molecule has 0 saturated carbocycles. The minimum Gasteiger partial charge on any atom is -0.493 e. The predicted molar refractivity (Wildman–Crippen MR) is 113 cm³/mol. The van der Waals surface area contributed by atoms with Crippen molar-refractivity contribution in [2.45, 2.75) is 26.7 Å². The molecule has 6 heteroatoms. The molecule has 154 valence electrons. The minimum atomic E-state index is -0.370. The van der Waals surface area contributed by atoms with E-state index >= 15 is 0 Å². The molecule has 29 heavy (non-hydrogen) atoms. The van der Waals surface area contributed by atoms with Crippen molar-refractivity contribution in [3.63, 3.8) is 0 Å². The van der Waals surface area contributed by atoms with Gasteiger partial charge in [-0.15, -0.1) is 0 Å². The summed E-state index contributed by atoms with van der Waals surface area (Å²) in [6.07, 6.45) is 4.81. The fraction of sp³-hybridized carbons (Fsp3) is 0.304. The Bertz CT molecular complexity index is 843. The molecule has 0 spiro atoms. The van der Waals surface area contributed by atoms with Crippen molar-refractivity contribution in [3.8, 4) is 11.5 Å². The highest BCUT2D eigenvalue weighted by Crippen LogP contribution is 2.28. The van der Waals surface area contributed by atoms with Crippen LogP contribution in [0.25, 0.3) is 6.08 Å². The van der Waals surface area contributed by atoms with Gasteiger partial charge in [-0.3, -0.25) is 4.79 Å². The Kier molecular flexibility index (Phi) is 8.76. The molecule has 0 saturated heterocycles. The van der Waals surface area contributed by atoms with Crippen molar-refractivity contribution in [1.29, 1.82) is 0 Å². The number of nitrogens with one attached hydrogen (secondary N) is 1. The molecular weight excluding hydrogens is 370 g/mol. The first-order chi connectivity index (χ1) is 14.1. The number of carbonyl (C=O) groups is 2. The van der Waals surface area contributed by atoms with Gasteiger partial charge < -0.3 is 19.5 Å². The van der Waals surface area contributed by atoms with Crippen LogP contribution >= 0.6 is 0 Å². The molecule has 0 atom stereocenters. The fourth-order valence-corrected chi connectivity index (χ4v) is 2.44. The van der Waals surface area contributed by atoms with Crippen molar-refractivity contribution in [1.82, 2.24) is 0 Å². The third-order valence-electron chi connectivity index (χ3n) is 3.90. The number of benzene rings is 2. The van der Waals surface area contributed by atoms with Crippen LogP contribution in [0.4, 0.5) is 5.69 Å². The largest absolute Gasteiger partial charge is 0.493 e. The van der Waals surface area contributed by atoms with Crippen LogP contribution in [0, 0.1) is 0 Å². The van der Waals surface area contributed by atoms with Gasteiger partial charge >= 0.3 is 5.97 Å². The zero-order valence-electron chi connectivity index (χ0n) is 17.1. The molecule has 0 aliphatic heterocycles. The molecule has 2 rings (SSSR count). The molecule has 2 aromatic rings. The predicted octanol–water partition coefficient (Wildman–Crippen LogP) is 4.70. The molecule has 0 unspecified atom stereocenters. The van der Waals surface area contributed by atoms with Crippen molar-refractivity contribution >= 4 is 23.6 Å². The Labute approximate surface area is 171 Å². The monoisotopic (exact) mass is 397 g/mol. The molecule has 0 aromatic heterocycles. The van der Waals surface area contributed by atoms with E-state index in [0.717, 1.165) is 18.4 Å². The Hall–Kier alpha value is -3.28. The van der Waals surface area contributed by atoms with E-state index in [9.17, 15) is 9.59 Å². The lowest BCUT2D eigenvalue weighted by Gasteiger charge is -2.10. The molecule has 0 bridgehead atoms. The summed E-state index contributed by atoms with van der Waals surface area (Å²) in [7, 11) is 1.58. The van der Waals surface area contributed by atoms with E-state index in [2.05, 4.69) is 5.32 Å². The number of ether oxygens (including phenoxy) is 3. The Morgan fingerprint density at radius 3 is 2.34 bits per heavy atom. The van der Waals surface area contributed by atoms with Gasteiger partial charge in [0.05, 0.1) is 25.9 Å². The number of methoxy groups -OCH3 is 1. The third kappa shape index (κ3) is 6.99. The van der Waals surface area contributed by atoms with Gasteiger partial charge in [-0.1, -0.05) is 19.9 Å². The highest BCUT2D eigenvalue weighted by atomic mass is 16.5. The SMILES string of the molecule is CCCOC(=O)c1ccc(NC(=O)C=Cc2ccc(OCCC)c(OC)c2)cc1. The zero-order chi connectivity index (χ0) is 21.1. The lowest BCUT2D eigenvalue weighted by molar-refractivity contribution is -0.111. The van der Waals surface area contributed by atoms with Gasteiger partial charge in [-0.25, -0.2) is 4.79 Å². The van der Waals surface area contributed by atoms with Gasteiger partial charge in [0.1, 0.15) is 0 Å². The van der Waals surface area contributed by atoms with E-state index in [1.807, 2.05) is 32.0 Å². The summed E-state index contributed by atoms with van der Waals surface area (Å²) in [6, 6.07) is 12.1. The van der Waals surface area contributed by atoms with E-state index in [-0.39, 0.29) is 11.9 Å². The Morgan fingerprint density at radius 1 is 0.966 bits per heavy atom. The second kappa shape index (κ2) is 11.5. The second-order valence-electron chi connectivity index (χ2n) is 6.29. The van der Waals surface area contributed by atoms with Crippen molar-refractivity contribution in [2.24, 2.45) is 0 Å². The molecule has 0 aliphatic rings. The third-order valence-corrected chi connectivity index (χ3v) is 3.90. The number of anilines is 1. The summed E-state index contributed by atoms with van der Waals surface area (Å²) in [6.45, 7) is 4.97. The van der Waals surface area contributed by atoms with E-state index in [4.69, 9.17) is 14.2 Å². The molecule has 0 aliphatic carbocycles. The van der Waals surface area contributed by atoms with E-state index in [0.29, 0.717) is 36.0 Å². The van der Waals surface area contributed by atoms with Gasteiger partial charge in [0, 0.05) is 11.8 Å². The molecule has 2 aromatic carbocycles. The smallest absolute Gasteiger partial charge is 0.338 e. The summed E-state index contributed by atoms with van der Waals surface area (Å²) in [5.74, 6) is 0.640. The molecule has 0 radical (unpaired) electrons. The second-order valence-corrected chi connectivity index (χ2v) is 6.29. The lowest BCUT2D eigenvalue weighted by atomic mass is 10.2. The van der Waals surface area contributed by atoms with Crippen LogP contribution in [-0.4, -0.2) is 32.2 Å². The number of hydrogen-bond acceptors (Lipinski definition) is 5. The number of rotatable bonds is 10. The normalized spacial score (nSPS) is 10.6. The van der Waals surface area contributed by atoms with Crippen LogP contribution in [0.5, 0.6) is 11.5 Å². The average molecular weight is 397 g/mol. The van der Waals surface area contributed by atoms with Crippen LogP contribution in [-0.2, 0) is 9.53 Å². The average Bonchev–Trinajstić information content (AvgIpc) is 2.75. The summed E-state index contributed by atoms with van der Waals surface area (Å²) < 4.78 is 16.0. The first kappa shape index (κ1) is 22.0. The lowest BCUT2D eigenvalue weighted by Crippen LogP contribution is -2.09. The summed E-state index contributed by atoms with van der Waals surface area (Å²) in [4.78, 5) is 24.0. The number of esters is 1. The molecule has 6 nitrogen and oxygen atoms in total.